The molecule has 1 N–H and O–H groups in total. The number of aliphatic hydroxyl groups excluding tert-OH is 1. The number of imidazole rings is 1. The van der Waals surface area contributed by atoms with Crippen molar-refractivity contribution in [2.24, 2.45) is 0 Å². The number of benzene rings is 2. The molecule has 0 spiro atoms. The lowest BCUT2D eigenvalue weighted by Gasteiger charge is -2.08. The van der Waals surface area contributed by atoms with Crippen LogP contribution >= 0.6 is 12.4 Å². The minimum absolute atomic E-state index is 0. The molecule has 0 radical (unpaired) electrons. The molecular weight excluding hydrogens is 276 g/mol. The van der Waals surface area contributed by atoms with E-state index >= 15 is 0 Å². The third kappa shape index (κ3) is 2.35. The first-order valence-electron chi connectivity index (χ1n) is 6.03. The average molecular weight is 291 g/mol. The van der Waals surface area contributed by atoms with Crippen LogP contribution in [0.2, 0.25) is 0 Å². The van der Waals surface area contributed by atoms with Gasteiger partial charge in [0, 0.05) is 17.3 Å². The summed E-state index contributed by atoms with van der Waals surface area (Å²) in [5.74, 6) is 0.660. The van der Waals surface area contributed by atoms with Crippen molar-refractivity contribution in [2.45, 2.75) is 6.61 Å². The third-order valence-electron chi connectivity index (χ3n) is 3.15. The van der Waals surface area contributed by atoms with Crippen LogP contribution in [-0.4, -0.2) is 21.8 Å². The number of hydrogen-bond donors (Lipinski definition) is 1. The fourth-order valence-electron chi connectivity index (χ4n) is 2.19. The van der Waals surface area contributed by atoms with Crippen molar-refractivity contribution in [3.63, 3.8) is 0 Å². The van der Waals surface area contributed by atoms with Crippen LogP contribution in [0.15, 0.2) is 48.8 Å². The van der Waals surface area contributed by atoms with Gasteiger partial charge in [0.2, 0.25) is 0 Å². The van der Waals surface area contributed by atoms with E-state index in [1.807, 2.05) is 47.0 Å². The molecule has 0 fully saturated rings. The quantitative estimate of drug-likeness (QED) is 0.807. The van der Waals surface area contributed by atoms with Gasteiger partial charge >= 0.3 is 0 Å². The Bertz CT molecular complexity index is 710. The second kappa shape index (κ2) is 5.94. The highest BCUT2D eigenvalue weighted by molar-refractivity contribution is 5.85. The van der Waals surface area contributed by atoms with Gasteiger partial charge in [-0.3, -0.25) is 4.57 Å². The van der Waals surface area contributed by atoms with Crippen LogP contribution in [0.3, 0.4) is 0 Å². The summed E-state index contributed by atoms with van der Waals surface area (Å²) in [5, 5.41) is 9.40. The zero-order valence-electron chi connectivity index (χ0n) is 11.0. The van der Waals surface area contributed by atoms with Gasteiger partial charge in [-0.25, -0.2) is 4.98 Å². The number of rotatable bonds is 3. The molecule has 5 heteroatoms. The minimum Gasteiger partial charge on any atom is -0.496 e. The molecule has 1 heterocycles. The van der Waals surface area contributed by atoms with Gasteiger partial charge in [0.05, 0.1) is 24.8 Å². The maximum Gasteiger partial charge on any atom is 0.126 e. The predicted molar refractivity (Wildman–Crippen MR) is 80.8 cm³/mol. The molecule has 0 saturated heterocycles. The lowest BCUT2D eigenvalue weighted by Crippen LogP contribution is -1.95. The van der Waals surface area contributed by atoms with Gasteiger partial charge in [-0.15, -0.1) is 12.4 Å². The monoisotopic (exact) mass is 290 g/mol. The molecule has 4 nitrogen and oxygen atoms in total. The lowest BCUT2D eigenvalue weighted by molar-refractivity contribution is 0.274. The van der Waals surface area contributed by atoms with E-state index in [-0.39, 0.29) is 19.0 Å². The number of methoxy groups -OCH3 is 1. The lowest BCUT2D eigenvalue weighted by atomic mass is 10.2. The molecular formula is C15H15ClN2O2. The Morgan fingerprint density at radius 1 is 1.20 bits per heavy atom. The number of nitrogens with zero attached hydrogens (tertiary/aromatic N) is 2. The summed E-state index contributed by atoms with van der Waals surface area (Å²) in [7, 11) is 1.59. The fraction of sp³-hybridized carbons (Fsp3) is 0.133. The molecule has 2 aromatic carbocycles. The number of hydrogen-bond acceptors (Lipinski definition) is 3. The van der Waals surface area contributed by atoms with Gasteiger partial charge in [0.15, 0.2) is 0 Å². The second-order valence-electron chi connectivity index (χ2n) is 4.26. The largest absolute Gasteiger partial charge is 0.496 e. The first-order chi connectivity index (χ1) is 9.33. The van der Waals surface area contributed by atoms with Crippen molar-refractivity contribution < 1.29 is 9.84 Å². The molecule has 3 aromatic rings. The van der Waals surface area contributed by atoms with Crippen molar-refractivity contribution in [1.29, 1.82) is 0 Å². The maximum absolute atomic E-state index is 9.40. The fourth-order valence-corrected chi connectivity index (χ4v) is 2.19. The topological polar surface area (TPSA) is 47.3 Å². The van der Waals surface area contributed by atoms with Gasteiger partial charge in [-0.2, -0.15) is 0 Å². The van der Waals surface area contributed by atoms with E-state index in [4.69, 9.17) is 4.74 Å². The van der Waals surface area contributed by atoms with Gasteiger partial charge in [0.1, 0.15) is 12.1 Å². The van der Waals surface area contributed by atoms with Crippen molar-refractivity contribution in [3.8, 4) is 11.4 Å². The number of aliphatic hydroxyl groups is 1. The molecule has 0 aliphatic heterocycles. The van der Waals surface area contributed by atoms with Gasteiger partial charge in [-0.1, -0.05) is 18.2 Å². The molecule has 1 aromatic heterocycles. The summed E-state index contributed by atoms with van der Waals surface area (Å²) in [6.45, 7) is -0.0565. The number of para-hydroxylation sites is 1. The molecule has 104 valence electrons. The molecule has 0 bridgehead atoms. The molecule has 0 aliphatic rings. The Morgan fingerprint density at radius 2 is 1.95 bits per heavy atom. The van der Waals surface area contributed by atoms with Gasteiger partial charge < -0.3 is 9.84 Å². The highest BCUT2D eigenvalue weighted by Crippen LogP contribution is 2.27. The van der Waals surface area contributed by atoms with Crippen LogP contribution in [0.1, 0.15) is 5.56 Å². The maximum atomic E-state index is 9.40. The van der Waals surface area contributed by atoms with E-state index in [1.165, 1.54) is 0 Å². The summed E-state index contributed by atoms with van der Waals surface area (Å²) in [6.07, 6.45) is 1.78. The summed E-state index contributed by atoms with van der Waals surface area (Å²) in [5.41, 5.74) is 3.60. The molecule has 0 atom stereocenters. The Balaban J connectivity index is 0.00000147. The van der Waals surface area contributed by atoms with E-state index in [1.54, 1.807) is 13.4 Å². The van der Waals surface area contributed by atoms with Crippen molar-refractivity contribution in [1.82, 2.24) is 9.55 Å². The number of aromatic nitrogens is 2. The summed E-state index contributed by atoms with van der Waals surface area (Å²) >= 11 is 0. The Morgan fingerprint density at radius 3 is 2.60 bits per heavy atom. The standard InChI is InChI=1S/C15H14N2O2.ClH/c1-19-15-8-13-14(7-11(15)9-18)17(10-16-13)12-5-3-2-4-6-12;/h2-8,10,18H,9H2,1H3;1H. The van der Waals surface area contributed by atoms with Crippen LogP contribution in [0, 0.1) is 0 Å². The van der Waals surface area contributed by atoms with Crippen molar-refractivity contribution in [3.05, 3.63) is 54.4 Å². The van der Waals surface area contributed by atoms with Crippen LogP contribution in [-0.2, 0) is 6.61 Å². The third-order valence-corrected chi connectivity index (χ3v) is 3.15. The first-order valence-corrected chi connectivity index (χ1v) is 6.03. The van der Waals surface area contributed by atoms with Crippen LogP contribution in [0.25, 0.3) is 16.7 Å². The van der Waals surface area contributed by atoms with Crippen LogP contribution in [0.4, 0.5) is 0 Å². The Kier molecular flexibility index (Phi) is 4.27. The first kappa shape index (κ1) is 14.4. The Hall–Kier alpha value is -2.04. The summed E-state index contributed by atoms with van der Waals surface area (Å²) in [4.78, 5) is 4.38. The SMILES string of the molecule is COc1cc2ncn(-c3ccccc3)c2cc1CO.Cl. The highest BCUT2D eigenvalue weighted by atomic mass is 35.5. The molecule has 0 aliphatic carbocycles. The number of halogens is 1. The predicted octanol–water partition coefficient (Wildman–Crippen LogP) is 2.95. The van der Waals surface area contributed by atoms with E-state index < -0.39 is 0 Å². The number of ether oxygens (including phenoxy) is 1. The molecule has 20 heavy (non-hydrogen) atoms. The average Bonchev–Trinajstić information content (AvgIpc) is 2.89. The zero-order chi connectivity index (χ0) is 13.2. The van der Waals surface area contributed by atoms with E-state index in [0.717, 1.165) is 22.3 Å². The molecule has 3 rings (SSSR count). The van der Waals surface area contributed by atoms with Crippen LogP contribution < -0.4 is 4.74 Å². The van der Waals surface area contributed by atoms with Crippen molar-refractivity contribution in [2.75, 3.05) is 7.11 Å². The van der Waals surface area contributed by atoms with Crippen LogP contribution in [0.5, 0.6) is 5.75 Å². The van der Waals surface area contributed by atoms with Gasteiger partial charge in [-0.05, 0) is 18.2 Å². The summed E-state index contributed by atoms with van der Waals surface area (Å²) < 4.78 is 7.24. The molecule has 0 saturated carbocycles. The smallest absolute Gasteiger partial charge is 0.126 e. The van der Waals surface area contributed by atoms with Crippen molar-refractivity contribution >= 4 is 23.4 Å². The molecule has 0 amide bonds. The van der Waals surface area contributed by atoms with E-state index in [2.05, 4.69) is 4.98 Å². The summed E-state index contributed by atoms with van der Waals surface area (Å²) in [6, 6.07) is 13.7. The number of fused-ring (bicyclic) bond motifs is 1. The highest BCUT2D eigenvalue weighted by Gasteiger charge is 2.10. The molecule has 0 unspecified atom stereocenters. The normalized spacial score (nSPS) is 10.3. The second-order valence-corrected chi connectivity index (χ2v) is 4.26. The van der Waals surface area contributed by atoms with E-state index in [0.29, 0.717) is 5.75 Å². The zero-order valence-corrected chi connectivity index (χ0v) is 11.8. The van der Waals surface area contributed by atoms with E-state index in [9.17, 15) is 5.11 Å². The minimum atomic E-state index is -0.0565. The Labute approximate surface area is 123 Å². The van der Waals surface area contributed by atoms with Gasteiger partial charge in [0.25, 0.3) is 0 Å².